The molecule has 2 atom stereocenters. The Labute approximate surface area is 212 Å². The summed E-state index contributed by atoms with van der Waals surface area (Å²) >= 11 is 0. The molecule has 2 bridgehead atoms. The fourth-order valence-electron chi connectivity index (χ4n) is 6.61. The highest BCUT2D eigenvalue weighted by Gasteiger charge is 2.37. The maximum atomic E-state index is 13.6. The summed E-state index contributed by atoms with van der Waals surface area (Å²) in [7, 11) is 0. The van der Waals surface area contributed by atoms with Crippen LogP contribution in [0.15, 0.2) is 76.3 Å². The van der Waals surface area contributed by atoms with E-state index in [1.165, 1.54) is 0 Å². The fraction of sp³-hybridized carbons (Fsp3) is 0.267. The number of rotatable bonds is 3. The molecule has 0 unspecified atom stereocenters. The quantitative estimate of drug-likeness (QED) is 0.387. The number of fused-ring (bicyclic) bond motifs is 9. The van der Waals surface area contributed by atoms with Crippen molar-refractivity contribution in [3.63, 3.8) is 0 Å². The first-order valence-electron chi connectivity index (χ1n) is 12.8. The molecular formula is C30H25N3O4. The van der Waals surface area contributed by atoms with Crippen LogP contribution in [0, 0.1) is 5.92 Å². The Bertz CT molecular complexity index is 1750. The predicted molar refractivity (Wildman–Crippen MR) is 140 cm³/mol. The van der Waals surface area contributed by atoms with E-state index >= 15 is 0 Å². The van der Waals surface area contributed by atoms with E-state index in [0.717, 1.165) is 17.7 Å². The number of benzene rings is 2. The van der Waals surface area contributed by atoms with Crippen LogP contribution < -0.4 is 11.1 Å². The molecule has 7 rings (SSSR count). The number of hydrogen-bond acceptors (Lipinski definition) is 4. The molecular weight excluding hydrogens is 466 g/mol. The van der Waals surface area contributed by atoms with Gasteiger partial charge in [-0.2, -0.15) is 0 Å². The molecule has 37 heavy (non-hydrogen) atoms. The molecule has 184 valence electrons. The second kappa shape index (κ2) is 8.13. The number of nitrogens with zero attached hydrogens (tertiary/aromatic N) is 3. The average molecular weight is 492 g/mol. The molecule has 2 aliphatic heterocycles. The van der Waals surface area contributed by atoms with Gasteiger partial charge in [-0.05, 0) is 24.5 Å². The Morgan fingerprint density at radius 1 is 0.811 bits per heavy atom. The van der Waals surface area contributed by atoms with Crippen LogP contribution >= 0.6 is 0 Å². The van der Waals surface area contributed by atoms with E-state index < -0.39 is 0 Å². The minimum Gasteiger partial charge on any atom is -0.342 e. The molecule has 1 aliphatic carbocycles. The molecule has 7 nitrogen and oxygen atoms in total. The summed E-state index contributed by atoms with van der Waals surface area (Å²) in [5.74, 6) is 0.294. The Hall–Kier alpha value is -4.26. The van der Waals surface area contributed by atoms with E-state index in [2.05, 4.69) is 0 Å². The molecule has 2 aromatic carbocycles. The molecule has 0 N–H and O–H groups in total. The summed E-state index contributed by atoms with van der Waals surface area (Å²) in [6.45, 7) is 2.02. The van der Waals surface area contributed by atoms with Gasteiger partial charge in [0.1, 0.15) is 0 Å². The van der Waals surface area contributed by atoms with Crippen LogP contribution in [0.4, 0.5) is 0 Å². The number of carbonyl (C=O) groups is 2. The van der Waals surface area contributed by atoms with Crippen molar-refractivity contribution in [1.82, 2.24) is 14.0 Å². The SMILES string of the molecule is O=C1c2ccccc2-c2c1c1ccccc1c(=O)n2CCC(=O)N1C[C@H]2C[C@@H](C1)c1cccc(=O)n1C2. The van der Waals surface area contributed by atoms with E-state index in [0.29, 0.717) is 47.2 Å². The third kappa shape index (κ3) is 3.26. The predicted octanol–water partition coefficient (Wildman–Crippen LogP) is 3.41. The van der Waals surface area contributed by atoms with E-state index in [-0.39, 0.29) is 47.6 Å². The highest BCUT2D eigenvalue weighted by atomic mass is 16.2. The van der Waals surface area contributed by atoms with Crippen molar-refractivity contribution in [2.24, 2.45) is 5.92 Å². The monoisotopic (exact) mass is 491 g/mol. The van der Waals surface area contributed by atoms with Crippen LogP contribution in [-0.2, 0) is 17.9 Å². The molecule has 0 radical (unpaired) electrons. The smallest absolute Gasteiger partial charge is 0.258 e. The molecule has 1 saturated heterocycles. The van der Waals surface area contributed by atoms with Gasteiger partial charge in [0, 0.05) is 72.2 Å². The first kappa shape index (κ1) is 22.0. The van der Waals surface area contributed by atoms with Crippen molar-refractivity contribution in [3.05, 3.63) is 104 Å². The molecule has 7 heteroatoms. The van der Waals surface area contributed by atoms with Crippen LogP contribution in [0.3, 0.4) is 0 Å². The number of carbonyl (C=O) groups excluding carboxylic acids is 2. The van der Waals surface area contributed by atoms with Gasteiger partial charge in [-0.15, -0.1) is 0 Å². The van der Waals surface area contributed by atoms with Crippen molar-refractivity contribution in [2.45, 2.75) is 31.8 Å². The lowest BCUT2D eigenvalue weighted by Crippen LogP contribution is -2.49. The van der Waals surface area contributed by atoms with Crippen LogP contribution in [0.1, 0.15) is 40.4 Å². The van der Waals surface area contributed by atoms with Gasteiger partial charge in [-0.1, -0.05) is 48.5 Å². The summed E-state index contributed by atoms with van der Waals surface area (Å²) in [5, 5.41) is 1.15. The normalized spacial score (nSPS) is 19.5. The Morgan fingerprint density at radius 3 is 2.41 bits per heavy atom. The molecule has 1 amide bonds. The number of likely N-dealkylation sites (tertiary alicyclic amines) is 1. The summed E-state index contributed by atoms with van der Waals surface area (Å²) in [5.41, 5.74) is 3.32. The van der Waals surface area contributed by atoms with Crippen molar-refractivity contribution < 1.29 is 9.59 Å². The Kier molecular flexibility index (Phi) is 4.83. The largest absolute Gasteiger partial charge is 0.342 e. The molecule has 3 aliphatic rings. The van der Waals surface area contributed by atoms with Gasteiger partial charge in [-0.25, -0.2) is 0 Å². The fourth-order valence-corrected chi connectivity index (χ4v) is 6.61. The summed E-state index contributed by atoms with van der Waals surface area (Å²) in [6.07, 6.45) is 1.14. The second-order valence-corrected chi connectivity index (χ2v) is 10.3. The average Bonchev–Trinajstić information content (AvgIpc) is 3.21. The standard InChI is InChI=1S/C30H25N3O4/c34-25(31-15-18-14-19(17-31)24-10-5-11-26(35)33(24)16-18)12-13-32-28-21-7-2-3-8-22(21)29(36)27(28)20-6-1-4-9-23(20)30(32)37/h1-11,18-19H,12-17H2/t18-,19+/m1/s1. The van der Waals surface area contributed by atoms with Gasteiger partial charge in [0.25, 0.3) is 11.1 Å². The van der Waals surface area contributed by atoms with Crippen LogP contribution in [0.2, 0.25) is 0 Å². The maximum Gasteiger partial charge on any atom is 0.258 e. The molecule has 1 fully saturated rings. The maximum absolute atomic E-state index is 13.6. The van der Waals surface area contributed by atoms with E-state index in [4.69, 9.17) is 0 Å². The van der Waals surface area contributed by atoms with Gasteiger partial charge >= 0.3 is 0 Å². The van der Waals surface area contributed by atoms with Gasteiger partial charge in [-0.3, -0.25) is 19.2 Å². The zero-order valence-electron chi connectivity index (χ0n) is 20.2. The van der Waals surface area contributed by atoms with Gasteiger partial charge < -0.3 is 14.0 Å². The van der Waals surface area contributed by atoms with Gasteiger partial charge in [0.2, 0.25) is 5.91 Å². The molecule has 4 aromatic rings. The molecule has 0 saturated carbocycles. The number of pyridine rings is 2. The summed E-state index contributed by atoms with van der Waals surface area (Å²) < 4.78 is 3.48. The van der Waals surface area contributed by atoms with Gasteiger partial charge in [0.15, 0.2) is 5.78 Å². The Morgan fingerprint density at radius 2 is 1.57 bits per heavy atom. The Balaban J connectivity index is 1.22. The van der Waals surface area contributed by atoms with E-state index in [9.17, 15) is 19.2 Å². The number of amides is 1. The van der Waals surface area contributed by atoms with E-state index in [1.54, 1.807) is 34.9 Å². The minimum atomic E-state index is -0.185. The van der Waals surface area contributed by atoms with Gasteiger partial charge in [0.05, 0.1) is 11.3 Å². The van der Waals surface area contributed by atoms with Crippen LogP contribution in [0.5, 0.6) is 0 Å². The van der Waals surface area contributed by atoms with Crippen molar-refractivity contribution in [1.29, 1.82) is 0 Å². The number of ketones is 1. The number of hydrogen-bond donors (Lipinski definition) is 0. The first-order valence-corrected chi connectivity index (χ1v) is 12.8. The third-order valence-corrected chi connectivity index (χ3v) is 8.21. The number of piperidine rings is 1. The van der Waals surface area contributed by atoms with E-state index in [1.807, 2.05) is 45.9 Å². The topological polar surface area (TPSA) is 81.4 Å². The lowest BCUT2D eigenvalue weighted by molar-refractivity contribution is -0.134. The zero-order valence-corrected chi connectivity index (χ0v) is 20.2. The lowest BCUT2D eigenvalue weighted by Gasteiger charge is -2.42. The zero-order chi connectivity index (χ0) is 25.3. The van der Waals surface area contributed by atoms with Crippen molar-refractivity contribution in [2.75, 3.05) is 13.1 Å². The van der Waals surface area contributed by atoms with Crippen LogP contribution in [-0.4, -0.2) is 38.8 Å². The minimum absolute atomic E-state index is 0.00662. The summed E-state index contributed by atoms with van der Waals surface area (Å²) in [6, 6.07) is 19.9. The molecule has 4 heterocycles. The van der Waals surface area contributed by atoms with Crippen molar-refractivity contribution >= 4 is 22.5 Å². The highest BCUT2D eigenvalue weighted by Crippen LogP contribution is 2.39. The lowest BCUT2D eigenvalue weighted by atomic mass is 9.83. The molecule has 2 aromatic heterocycles. The summed E-state index contributed by atoms with van der Waals surface area (Å²) in [4.78, 5) is 54.6. The number of aromatic nitrogens is 2. The van der Waals surface area contributed by atoms with Crippen molar-refractivity contribution in [3.8, 4) is 11.3 Å². The molecule has 0 spiro atoms. The highest BCUT2D eigenvalue weighted by molar-refractivity contribution is 6.26. The second-order valence-electron chi connectivity index (χ2n) is 10.3. The first-order chi connectivity index (χ1) is 18.0. The van der Waals surface area contributed by atoms with Crippen LogP contribution in [0.25, 0.3) is 22.0 Å². The third-order valence-electron chi connectivity index (χ3n) is 8.21.